The van der Waals surface area contributed by atoms with Crippen LogP contribution >= 0.6 is 0 Å². The number of fused-ring (bicyclic) bond motifs is 3. The second kappa shape index (κ2) is 7.23. The van der Waals surface area contributed by atoms with Crippen LogP contribution in [-0.2, 0) is 5.41 Å². The Bertz CT molecular complexity index is 1290. The van der Waals surface area contributed by atoms with Gasteiger partial charge >= 0.3 is 184 Å². The molecule has 0 aliphatic carbocycles. The fourth-order valence-corrected chi connectivity index (χ4v) is 7.23. The average Bonchev–Trinajstić information content (AvgIpc) is 3.03. The van der Waals surface area contributed by atoms with E-state index in [1.165, 1.54) is 4.40 Å². The van der Waals surface area contributed by atoms with E-state index in [0.717, 1.165) is 38.9 Å². The Morgan fingerprint density at radius 3 is 2.40 bits per heavy atom. The Morgan fingerprint density at radius 2 is 1.77 bits per heavy atom. The normalized spacial score (nSPS) is 13.8. The van der Waals surface area contributed by atoms with Gasteiger partial charge in [-0.1, -0.05) is 0 Å². The Hall–Kier alpha value is -2.14. The molecule has 0 N–H and O–H groups in total. The van der Waals surface area contributed by atoms with E-state index in [0.29, 0.717) is 5.71 Å². The number of nitrogens with zero attached hydrogens (tertiary/aromatic N) is 2. The number of para-hydroxylation sites is 1. The predicted molar refractivity (Wildman–Crippen MR) is 131 cm³/mol. The van der Waals surface area contributed by atoms with E-state index < -0.39 is 19.2 Å². The Morgan fingerprint density at radius 1 is 1.03 bits per heavy atom. The molecule has 0 unspecified atom stereocenters. The molecule has 30 heavy (non-hydrogen) atoms. The first-order valence-electron chi connectivity index (χ1n) is 11.1. The standard InChI is InChI=1S/C26H32GeN2O/c1-16(2)20-14-22(28-15-21(20)27(6,7)8)19-11-9-10-17-18-12-13-23(26(3,4)5)29-25(18)30-24(17)19/h9-16H,1-8H3/i16D. The van der Waals surface area contributed by atoms with Crippen LogP contribution in [0.15, 0.2) is 47.0 Å². The third kappa shape index (κ3) is 3.69. The molecule has 0 saturated heterocycles. The van der Waals surface area contributed by atoms with Gasteiger partial charge in [-0.05, 0) is 0 Å². The third-order valence-electron chi connectivity index (χ3n) is 5.66. The van der Waals surface area contributed by atoms with Crippen LogP contribution in [0.25, 0.3) is 33.3 Å². The van der Waals surface area contributed by atoms with Gasteiger partial charge in [0.05, 0.1) is 0 Å². The zero-order valence-corrected chi connectivity index (χ0v) is 21.4. The number of rotatable bonds is 3. The number of hydrogen-bond donors (Lipinski definition) is 0. The van der Waals surface area contributed by atoms with Crippen molar-refractivity contribution in [2.75, 3.05) is 0 Å². The van der Waals surface area contributed by atoms with Crippen LogP contribution in [0.5, 0.6) is 0 Å². The van der Waals surface area contributed by atoms with Gasteiger partial charge in [0.1, 0.15) is 0 Å². The second-order valence-corrected chi connectivity index (χ2v) is 21.0. The molecule has 0 radical (unpaired) electrons. The summed E-state index contributed by atoms with van der Waals surface area (Å²) < 4.78 is 16.4. The summed E-state index contributed by atoms with van der Waals surface area (Å²) in [7, 11) is 0. The van der Waals surface area contributed by atoms with Gasteiger partial charge in [-0.15, -0.1) is 0 Å². The van der Waals surface area contributed by atoms with Crippen LogP contribution < -0.4 is 4.40 Å². The Balaban J connectivity index is 1.96. The molecule has 0 atom stereocenters. The molecule has 3 nitrogen and oxygen atoms in total. The quantitative estimate of drug-likeness (QED) is 0.308. The van der Waals surface area contributed by atoms with Crippen molar-refractivity contribution in [3.63, 3.8) is 0 Å². The molecule has 4 rings (SSSR count). The summed E-state index contributed by atoms with van der Waals surface area (Å²) in [6, 6.07) is 12.5. The van der Waals surface area contributed by atoms with Gasteiger partial charge in [0.2, 0.25) is 0 Å². The van der Waals surface area contributed by atoms with Crippen LogP contribution in [0.4, 0.5) is 0 Å². The Kier molecular flexibility index (Phi) is 4.77. The van der Waals surface area contributed by atoms with Gasteiger partial charge in [-0.3, -0.25) is 0 Å². The molecule has 3 aromatic heterocycles. The molecule has 0 bridgehead atoms. The maximum atomic E-state index is 8.75. The fraction of sp³-hybridized carbons (Fsp3) is 0.385. The number of pyridine rings is 2. The van der Waals surface area contributed by atoms with Crippen molar-refractivity contribution >= 4 is 39.7 Å². The van der Waals surface area contributed by atoms with E-state index in [-0.39, 0.29) is 5.41 Å². The molecule has 3 heterocycles. The van der Waals surface area contributed by atoms with Gasteiger partial charge < -0.3 is 0 Å². The average molecular weight is 462 g/mol. The van der Waals surface area contributed by atoms with Crippen LogP contribution in [0, 0.1) is 0 Å². The summed E-state index contributed by atoms with van der Waals surface area (Å²) in [4.78, 5) is 9.66. The number of benzene rings is 1. The topological polar surface area (TPSA) is 38.9 Å². The van der Waals surface area contributed by atoms with Gasteiger partial charge in [0.15, 0.2) is 0 Å². The summed E-state index contributed by atoms with van der Waals surface area (Å²) >= 11 is -2.17. The Labute approximate surface area is 183 Å². The van der Waals surface area contributed by atoms with E-state index in [9.17, 15) is 0 Å². The SMILES string of the molecule is [2H]C(C)(C)c1cc(-c2cccc3c2oc2nc(C(C)(C)C)ccc23)nc[c]1[Ge]([CH3])([CH3])[CH3]. The predicted octanol–water partition coefficient (Wildman–Crippen LogP) is 7.01. The summed E-state index contributed by atoms with van der Waals surface area (Å²) in [5.74, 6) is 6.37. The molecule has 0 fully saturated rings. The first-order chi connectivity index (χ1) is 14.3. The molecule has 0 saturated carbocycles. The van der Waals surface area contributed by atoms with Crippen LogP contribution in [0.1, 0.15) is 53.1 Å². The van der Waals surface area contributed by atoms with Gasteiger partial charge in [-0.25, -0.2) is 0 Å². The second-order valence-electron chi connectivity index (χ2n) is 10.4. The summed E-state index contributed by atoms with van der Waals surface area (Å²) in [6.45, 7) is 10.4. The van der Waals surface area contributed by atoms with Crippen LogP contribution in [0.2, 0.25) is 17.3 Å². The number of hydrogen-bond acceptors (Lipinski definition) is 3. The van der Waals surface area contributed by atoms with E-state index in [4.69, 9.17) is 15.8 Å². The molecule has 1 aromatic carbocycles. The van der Waals surface area contributed by atoms with Crippen molar-refractivity contribution in [2.24, 2.45) is 0 Å². The molecule has 0 amide bonds. The monoisotopic (exact) mass is 463 g/mol. The van der Waals surface area contributed by atoms with Crippen molar-refractivity contribution < 1.29 is 5.79 Å². The van der Waals surface area contributed by atoms with Crippen molar-refractivity contribution in [1.82, 2.24) is 9.97 Å². The van der Waals surface area contributed by atoms with E-state index in [1.807, 2.05) is 26.1 Å². The fourth-order valence-electron chi connectivity index (χ4n) is 3.91. The van der Waals surface area contributed by atoms with Crippen LogP contribution in [-0.4, -0.2) is 23.2 Å². The van der Waals surface area contributed by atoms with Gasteiger partial charge in [-0.2, -0.15) is 0 Å². The first-order valence-corrected chi connectivity index (χ1v) is 18.0. The minimum absolute atomic E-state index is 0.0415. The number of furan rings is 1. The third-order valence-corrected chi connectivity index (χ3v) is 9.89. The molecule has 156 valence electrons. The minimum atomic E-state index is -2.17. The first kappa shape index (κ1) is 19.8. The maximum absolute atomic E-state index is 8.75. The van der Waals surface area contributed by atoms with E-state index >= 15 is 0 Å². The van der Waals surface area contributed by atoms with E-state index in [2.05, 4.69) is 68.4 Å². The van der Waals surface area contributed by atoms with Crippen molar-refractivity contribution in [1.29, 1.82) is 0 Å². The summed E-state index contributed by atoms with van der Waals surface area (Å²) in [5, 5.41) is 2.07. The van der Waals surface area contributed by atoms with Crippen LogP contribution in [0.3, 0.4) is 0 Å². The van der Waals surface area contributed by atoms with E-state index in [1.54, 1.807) is 0 Å². The van der Waals surface area contributed by atoms with Gasteiger partial charge in [0.25, 0.3) is 0 Å². The van der Waals surface area contributed by atoms with Crippen molar-refractivity contribution in [3.8, 4) is 11.3 Å². The summed E-state index contributed by atoms with van der Waals surface area (Å²) in [5.41, 5.74) is 5.32. The molecular weight excluding hydrogens is 429 g/mol. The molecule has 4 aromatic rings. The molecular formula is C26H32GeN2O. The molecule has 0 aliphatic heterocycles. The summed E-state index contributed by atoms with van der Waals surface area (Å²) in [6.07, 6.45) is 2.01. The molecule has 0 spiro atoms. The molecule has 0 aliphatic rings. The van der Waals surface area contributed by atoms with Crippen molar-refractivity contribution in [2.45, 2.75) is 63.2 Å². The molecule has 4 heteroatoms. The number of aromatic nitrogens is 2. The van der Waals surface area contributed by atoms with Gasteiger partial charge in [0, 0.05) is 0 Å². The van der Waals surface area contributed by atoms with Crippen molar-refractivity contribution in [3.05, 3.63) is 53.9 Å². The zero-order valence-electron chi connectivity index (χ0n) is 20.3. The zero-order chi connectivity index (χ0) is 22.8.